The normalized spacial score (nSPS) is 13.6. The zero-order chi connectivity index (χ0) is 12.5. The summed E-state index contributed by atoms with van der Waals surface area (Å²) in [7, 11) is 0. The predicted octanol–water partition coefficient (Wildman–Crippen LogP) is 2.63. The summed E-state index contributed by atoms with van der Waals surface area (Å²) in [5, 5.41) is 0. The van der Waals surface area contributed by atoms with Crippen LogP contribution in [-0.2, 0) is 16.1 Å². The number of ether oxygens (including phenoxy) is 3. The van der Waals surface area contributed by atoms with Crippen LogP contribution in [0.5, 0.6) is 11.5 Å². The lowest BCUT2D eigenvalue weighted by Crippen LogP contribution is -2.26. The molecule has 2 rings (SSSR count). The van der Waals surface area contributed by atoms with Gasteiger partial charge in [0.05, 0.1) is 0 Å². The predicted molar refractivity (Wildman–Crippen MR) is 65.4 cm³/mol. The molecule has 92 valence electrons. The van der Waals surface area contributed by atoms with E-state index in [-0.39, 0.29) is 19.4 Å². The van der Waals surface area contributed by atoms with Crippen molar-refractivity contribution in [3.8, 4) is 11.5 Å². The van der Waals surface area contributed by atoms with E-state index < -0.39 is 4.32 Å². The average molecular weight is 301 g/mol. The van der Waals surface area contributed by atoms with Gasteiger partial charge in [0, 0.05) is 0 Å². The second kappa shape index (κ2) is 4.56. The van der Waals surface area contributed by atoms with Gasteiger partial charge in [-0.25, -0.2) is 0 Å². The summed E-state index contributed by atoms with van der Waals surface area (Å²) in [6.45, 7) is 3.96. The fraction of sp³-hybridized carbons (Fsp3) is 0.417. The van der Waals surface area contributed by atoms with Crippen molar-refractivity contribution in [3.63, 3.8) is 0 Å². The zero-order valence-corrected chi connectivity index (χ0v) is 11.2. The Bertz CT molecular complexity index is 437. The quantitative estimate of drug-likeness (QED) is 0.636. The third-order valence-corrected chi connectivity index (χ3v) is 2.62. The molecule has 0 spiro atoms. The molecule has 4 nitrogen and oxygen atoms in total. The molecule has 0 unspecified atom stereocenters. The Balaban J connectivity index is 1.98. The van der Waals surface area contributed by atoms with Gasteiger partial charge in [0.15, 0.2) is 11.5 Å². The second-order valence-corrected chi connectivity index (χ2v) is 6.22. The van der Waals surface area contributed by atoms with Crippen molar-refractivity contribution in [3.05, 3.63) is 23.8 Å². The minimum absolute atomic E-state index is 0.227. The van der Waals surface area contributed by atoms with Crippen molar-refractivity contribution in [1.29, 1.82) is 0 Å². The smallest absolute Gasteiger partial charge is 0.322 e. The van der Waals surface area contributed by atoms with E-state index in [2.05, 4.69) is 15.9 Å². The highest BCUT2D eigenvalue weighted by atomic mass is 79.9. The van der Waals surface area contributed by atoms with E-state index in [1.54, 1.807) is 13.8 Å². The van der Waals surface area contributed by atoms with Crippen LogP contribution in [0.4, 0.5) is 0 Å². The molecule has 1 aromatic carbocycles. The van der Waals surface area contributed by atoms with Crippen LogP contribution in [0.15, 0.2) is 18.2 Å². The molecule has 0 fully saturated rings. The Morgan fingerprint density at radius 1 is 1.41 bits per heavy atom. The highest BCUT2D eigenvalue weighted by Crippen LogP contribution is 2.32. The van der Waals surface area contributed by atoms with Crippen molar-refractivity contribution in [2.75, 3.05) is 6.79 Å². The van der Waals surface area contributed by atoms with Gasteiger partial charge < -0.3 is 14.2 Å². The lowest BCUT2D eigenvalue weighted by molar-refractivity contribution is -0.146. The molecule has 0 radical (unpaired) electrons. The van der Waals surface area contributed by atoms with Crippen molar-refractivity contribution in [2.24, 2.45) is 0 Å². The fourth-order valence-corrected chi connectivity index (χ4v) is 1.47. The van der Waals surface area contributed by atoms with Crippen molar-refractivity contribution >= 4 is 21.9 Å². The summed E-state index contributed by atoms with van der Waals surface area (Å²) < 4.78 is 14.9. The zero-order valence-electron chi connectivity index (χ0n) is 9.66. The molecule has 1 aliphatic heterocycles. The Hall–Kier alpha value is -1.23. The van der Waals surface area contributed by atoms with Gasteiger partial charge in [-0.3, -0.25) is 4.79 Å². The Morgan fingerprint density at radius 2 is 2.12 bits per heavy atom. The van der Waals surface area contributed by atoms with Gasteiger partial charge in [0.2, 0.25) is 6.79 Å². The maximum Gasteiger partial charge on any atom is 0.322 e. The summed E-state index contributed by atoms with van der Waals surface area (Å²) in [5.41, 5.74) is 0.874. The van der Waals surface area contributed by atoms with Crippen molar-refractivity contribution in [1.82, 2.24) is 0 Å². The number of esters is 1. The number of alkyl halides is 1. The topological polar surface area (TPSA) is 44.8 Å². The molecule has 1 aromatic rings. The van der Waals surface area contributed by atoms with Gasteiger partial charge in [-0.15, -0.1) is 0 Å². The number of benzene rings is 1. The molecule has 0 saturated carbocycles. The third kappa shape index (κ3) is 2.91. The van der Waals surface area contributed by atoms with E-state index in [1.165, 1.54) is 0 Å². The minimum Gasteiger partial charge on any atom is -0.460 e. The highest BCUT2D eigenvalue weighted by Gasteiger charge is 2.25. The molecule has 0 saturated heterocycles. The summed E-state index contributed by atoms with van der Waals surface area (Å²) >= 11 is 3.25. The first-order valence-corrected chi connectivity index (χ1v) is 6.01. The summed E-state index contributed by atoms with van der Waals surface area (Å²) in [4.78, 5) is 11.5. The molecule has 0 aromatic heterocycles. The SMILES string of the molecule is CC(C)(Br)C(=O)OCc1ccc2c(c1)OCO2. The maximum absolute atomic E-state index is 11.5. The molecule has 1 aliphatic rings. The van der Waals surface area contributed by atoms with Gasteiger partial charge in [-0.2, -0.15) is 0 Å². The highest BCUT2D eigenvalue weighted by molar-refractivity contribution is 9.10. The molecule has 0 amide bonds. The Morgan fingerprint density at radius 3 is 2.82 bits per heavy atom. The first kappa shape index (κ1) is 12.2. The monoisotopic (exact) mass is 300 g/mol. The average Bonchev–Trinajstić information content (AvgIpc) is 2.71. The number of carbonyl (C=O) groups is 1. The molecule has 0 N–H and O–H groups in total. The van der Waals surface area contributed by atoms with Crippen LogP contribution in [0, 0.1) is 0 Å². The van der Waals surface area contributed by atoms with Crippen LogP contribution in [0.1, 0.15) is 19.4 Å². The number of carbonyl (C=O) groups excluding carboxylic acids is 1. The molecule has 0 aliphatic carbocycles. The van der Waals surface area contributed by atoms with Crippen molar-refractivity contribution < 1.29 is 19.0 Å². The summed E-state index contributed by atoms with van der Waals surface area (Å²) in [5.74, 6) is 1.12. The van der Waals surface area contributed by atoms with Gasteiger partial charge in [0.25, 0.3) is 0 Å². The van der Waals surface area contributed by atoms with Crippen LogP contribution in [0.2, 0.25) is 0 Å². The van der Waals surface area contributed by atoms with Gasteiger partial charge in [0.1, 0.15) is 10.9 Å². The van der Waals surface area contributed by atoms with E-state index >= 15 is 0 Å². The van der Waals surface area contributed by atoms with E-state index in [1.807, 2.05) is 18.2 Å². The van der Waals surface area contributed by atoms with Gasteiger partial charge in [-0.05, 0) is 31.5 Å². The molecule has 0 atom stereocenters. The van der Waals surface area contributed by atoms with Crippen LogP contribution in [0.25, 0.3) is 0 Å². The van der Waals surface area contributed by atoms with E-state index in [0.717, 1.165) is 11.3 Å². The van der Waals surface area contributed by atoms with Crippen molar-refractivity contribution in [2.45, 2.75) is 24.8 Å². The van der Waals surface area contributed by atoms with Crippen LogP contribution < -0.4 is 9.47 Å². The lowest BCUT2D eigenvalue weighted by Gasteiger charge is -2.14. The summed E-state index contributed by atoms with van der Waals surface area (Å²) in [6, 6.07) is 5.48. The van der Waals surface area contributed by atoms with Crippen LogP contribution in [-0.4, -0.2) is 17.1 Å². The molecule has 17 heavy (non-hydrogen) atoms. The standard InChI is InChI=1S/C12H13BrO4/c1-12(2,13)11(14)15-6-8-3-4-9-10(5-8)17-7-16-9/h3-5H,6-7H2,1-2H3. The third-order valence-electron chi connectivity index (χ3n) is 2.29. The number of hydrogen-bond donors (Lipinski definition) is 0. The van der Waals surface area contributed by atoms with Crippen LogP contribution in [0.3, 0.4) is 0 Å². The van der Waals surface area contributed by atoms with Gasteiger partial charge in [-0.1, -0.05) is 22.0 Å². The Labute approximate surface area is 108 Å². The number of hydrogen-bond acceptors (Lipinski definition) is 4. The van der Waals surface area contributed by atoms with Gasteiger partial charge >= 0.3 is 5.97 Å². The largest absolute Gasteiger partial charge is 0.460 e. The molecular formula is C12H13BrO4. The minimum atomic E-state index is -0.663. The number of fused-ring (bicyclic) bond motifs is 1. The lowest BCUT2D eigenvalue weighted by atomic mass is 10.2. The van der Waals surface area contributed by atoms with E-state index in [9.17, 15) is 4.79 Å². The second-order valence-electron chi connectivity index (χ2n) is 4.24. The molecule has 0 bridgehead atoms. The Kier molecular flexibility index (Phi) is 3.28. The molecule has 5 heteroatoms. The maximum atomic E-state index is 11.5. The molecule has 1 heterocycles. The van der Waals surface area contributed by atoms with Crippen LogP contribution >= 0.6 is 15.9 Å². The van der Waals surface area contributed by atoms with E-state index in [4.69, 9.17) is 14.2 Å². The number of halogens is 1. The fourth-order valence-electron chi connectivity index (χ4n) is 1.35. The summed E-state index contributed by atoms with van der Waals surface area (Å²) in [6.07, 6.45) is 0. The number of rotatable bonds is 3. The first-order chi connectivity index (χ1) is 7.97. The van der Waals surface area contributed by atoms with E-state index in [0.29, 0.717) is 5.75 Å². The first-order valence-electron chi connectivity index (χ1n) is 5.21. The molecular weight excluding hydrogens is 288 g/mol.